The molecule has 2 saturated heterocycles. The number of hydrogen-bond acceptors (Lipinski definition) is 4. The highest BCUT2D eigenvalue weighted by Crippen LogP contribution is 2.35. The first-order chi connectivity index (χ1) is 11.6. The number of rotatable bonds is 1. The van der Waals surface area contributed by atoms with Crippen LogP contribution >= 0.6 is 0 Å². The van der Waals surface area contributed by atoms with Gasteiger partial charge in [-0.2, -0.15) is 0 Å². The quantitative estimate of drug-likeness (QED) is 0.866. The molecular formula is C18H23N3O3. The monoisotopic (exact) mass is 329 g/mol. The van der Waals surface area contributed by atoms with Crippen molar-refractivity contribution >= 4 is 11.6 Å². The molecule has 4 rings (SSSR count). The van der Waals surface area contributed by atoms with E-state index >= 15 is 0 Å². The van der Waals surface area contributed by atoms with Crippen molar-refractivity contribution in [2.75, 3.05) is 19.7 Å². The highest BCUT2D eigenvalue weighted by atomic mass is 16.5. The van der Waals surface area contributed by atoms with Crippen molar-refractivity contribution in [1.82, 2.24) is 14.3 Å². The van der Waals surface area contributed by atoms with Crippen LogP contribution in [0.5, 0.6) is 0 Å². The van der Waals surface area contributed by atoms with E-state index in [1.54, 1.807) is 0 Å². The lowest BCUT2D eigenvalue weighted by Crippen LogP contribution is -2.56. The minimum Gasteiger partial charge on any atom is -0.390 e. The Morgan fingerprint density at radius 3 is 2.88 bits per heavy atom. The number of carbonyl (C=O) groups excluding carboxylic acids is 1. The molecule has 0 aliphatic carbocycles. The van der Waals surface area contributed by atoms with Crippen molar-refractivity contribution in [2.24, 2.45) is 0 Å². The third-order valence-corrected chi connectivity index (χ3v) is 5.43. The second-order valence-electron chi connectivity index (χ2n) is 6.88. The predicted molar refractivity (Wildman–Crippen MR) is 89.0 cm³/mol. The minimum atomic E-state index is -0.454. The molecule has 1 atom stereocenters. The number of aliphatic hydroxyl groups is 1. The second kappa shape index (κ2) is 5.86. The molecule has 1 N–H and O–H groups in total. The standard InChI is InChI=1S/C18H23N3O3/c1-13-4-2-6-16-19-14(12-21(13)16)17(23)20-9-7-18(8-10-20)15(22)5-3-11-24-18/h2,4,6,12,15,22H,3,5,7-11H2,1H3. The Bertz CT molecular complexity index is 762. The molecule has 0 bridgehead atoms. The lowest BCUT2D eigenvalue weighted by molar-refractivity contribution is -0.174. The van der Waals surface area contributed by atoms with Gasteiger partial charge in [0.25, 0.3) is 5.91 Å². The van der Waals surface area contributed by atoms with Crippen molar-refractivity contribution < 1.29 is 14.6 Å². The maximum absolute atomic E-state index is 12.8. The summed E-state index contributed by atoms with van der Waals surface area (Å²) in [6.45, 7) is 3.90. The van der Waals surface area contributed by atoms with Gasteiger partial charge in [0, 0.05) is 31.6 Å². The average Bonchev–Trinajstić information content (AvgIpc) is 3.03. The van der Waals surface area contributed by atoms with Gasteiger partial charge in [-0.05, 0) is 44.7 Å². The predicted octanol–water partition coefficient (Wildman–Crippen LogP) is 1.79. The first-order valence-corrected chi connectivity index (χ1v) is 8.65. The second-order valence-corrected chi connectivity index (χ2v) is 6.88. The normalized spacial score (nSPS) is 23.8. The number of aromatic nitrogens is 2. The SMILES string of the molecule is Cc1cccc2nc(C(=O)N3CCC4(CC3)OCCCC4O)cn12. The van der Waals surface area contributed by atoms with Crippen LogP contribution in [0.2, 0.25) is 0 Å². The summed E-state index contributed by atoms with van der Waals surface area (Å²) in [6, 6.07) is 5.84. The van der Waals surface area contributed by atoms with Crippen LogP contribution < -0.4 is 0 Å². The van der Waals surface area contributed by atoms with E-state index in [2.05, 4.69) is 4.98 Å². The van der Waals surface area contributed by atoms with Gasteiger partial charge >= 0.3 is 0 Å². The zero-order valence-corrected chi connectivity index (χ0v) is 13.9. The van der Waals surface area contributed by atoms with E-state index in [0.29, 0.717) is 38.2 Å². The molecular weight excluding hydrogens is 306 g/mol. The Labute approximate surface area is 141 Å². The molecule has 24 heavy (non-hydrogen) atoms. The molecule has 2 aromatic rings. The number of ether oxygens (including phenoxy) is 1. The number of hydrogen-bond donors (Lipinski definition) is 1. The van der Waals surface area contributed by atoms with Gasteiger partial charge < -0.3 is 19.1 Å². The van der Waals surface area contributed by atoms with Crippen LogP contribution in [0.1, 0.15) is 41.9 Å². The number of amides is 1. The molecule has 2 aliphatic rings. The topological polar surface area (TPSA) is 67.1 Å². The third-order valence-electron chi connectivity index (χ3n) is 5.43. The fraction of sp³-hybridized carbons (Fsp3) is 0.556. The summed E-state index contributed by atoms with van der Waals surface area (Å²) >= 11 is 0. The Balaban J connectivity index is 1.50. The van der Waals surface area contributed by atoms with E-state index in [1.807, 2.05) is 40.6 Å². The number of piperidine rings is 1. The Morgan fingerprint density at radius 1 is 1.38 bits per heavy atom. The van der Waals surface area contributed by atoms with Gasteiger partial charge in [0.15, 0.2) is 0 Å². The summed E-state index contributed by atoms with van der Waals surface area (Å²) in [7, 11) is 0. The van der Waals surface area contributed by atoms with Crippen LogP contribution in [0.15, 0.2) is 24.4 Å². The molecule has 1 spiro atoms. The van der Waals surface area contributed by atoms with Crippen LogP contribution in [0.3, 0.4) is 0 Å². The van der Waals surface area contributed by atoms with Crippen molar-refractivity contribution in [3.8, 4) is 0 Å². The molecule has 1 unspecified atom stereocenters. The molecule has 6 heteroatoms. The number of nitrogens with zero attached hydrogens (tertiary/aromatic N) is 3. The Kier molecular flexibility index (Phi) is 3.81. The number of pyridine rings is 1. The van der Waals surface area contributed by atoms with Gasteiger partial charge in [-0.15, -0.1) is 0 Å². The van der Waals surface area contributed by atoms with Crippen LogP contribution in [0.4, 0.5) is 0 Å². The van der Waals surface area contributed by atoms with Gasteiger partial charge in [0.05, 0.1) is 11.7 Å². The third kappa shape index (κ3) is 2.50. The van der Waals surface area contributed by atoms with E-state index in [9.17, 15) is 9.90 Å². The number of imidazole rings is 1. The highest BCUT2D eigenvalue weighted by molar-refractivity contribution is 5.93. The molecule has 2 aromatic heterocycles. The van der Waals surface area contributed by atoms with Crippen LogP contribution in [-0.2, 0) is 4.74 Å². The van der Waals surface area contributed by atoms with Gasteiger partial charge in [-0.1, -0.05) is 6.07 Å². The molecule has 2 aliphatic heterocycles. The zero-order chi connectivity index (χ0) is 16.7. The summed E-state index contributed by atoms with van der Waals surface area (Å²) < 4.78 is 7.85. The summed E-state index contributed by atoms with van der Waals surface area (Å²) in [5.41, 5.74) is 1.86. The molecule has 6 nitrogen and oxygen atoms in total. The fourth-order valence-corrected chi connectivity index (χ4v) is 3.89. The molecule has 0 radical (unpaired) electrons. The van der Waals surface area contributed by atoms with Crippen LogP contribution in [0.25, 0.3) is 5.65 Å². The summed E-state index contributed by atoms with van der Waals surface area (Å²) in [6.07, 6.45) is 4.47. The molecule has 128 valence electrons. The lowest BCUT2D eigenvalue weighted by atomic mass is 9.82. The number of aryl methyl sites for hydroxylation is 1. The number of likely N-dealkylation sites (tertiary alicyclic amines) is 1. The molecule has 0 aromatic carbocycles. The van der Waals surface area contributed by atoms with Gasteiger partial charge in [-0.3, -0.25) is 4.79 Å². The highest BCUT2D eigenvalue weighted by Gasteiger charge is 2.44. The molecule has 0 saturated carbocycles. The lowest BCUT2D eigenvalue weighted by Gasteiger charge is -2.46. The fourth-order valence-electron chi connectivity index (χ4n) is 3.89. The molecule has 2 fully saturated rings. The molecule has 4 heterocycles. The number of aliphatic hydroxyl groups excluding tert-OH is 1. The van der Waals surface area contributed by atoms with E-state index in [0.717, 1.165) is 24.2 Å². The van der Waals surface area contributed by atoms with E-state index < -0.39 is 11.7 Å². The van der Waals surface area contributed by atoms with Crippen molar-refractivity contribution in [2.45, 2.75) is 44.3 Å². The van der Waals surface area contributed by atoms with Crippen molar-refractivity contribution in [3.63, 3.8) is 0 Å². The molecule has 1 amide bonds. The van der Waals surface area contributed by atoms with E-state index in [-0.39, 0.29) is 5.91 Å². The van der Waals surface area contributed by atoms with Gasteiger partial charge in [0.2, 0.25) is 0 Å². The largest absolute Gasteiger partial charge is 0.390 e. The van der Waals surface area contributed by atoms with E-state index in [1.165, 1.54) is 0 Å². The van der Waals surface area contributed by atoms with Crippen LogP contribution in [0, 0.1) is 6.92 Å². The van der Waals surface area contributed by atoms with E-state index in [4.69, 9.17) is 4.74 Å². The number of carbonyl (C=O) groups is 1. The summed E-state index contributed by atoms with van der Waals surface area (Å²) in [5.74, 6) is -0.0433. The van der Waals surface area contributed by atoms with Crippen molar-refractivity contribution in [1.29, 1.82) is 0 Å². The Morgan fingerprint density at radius 2 is 2.17 bits per heavy atom. The number of fused-ring (bicyclic) bond motifs is 1. The minimum absolute atomic E-state index is 0.0433. The van der Waals surface area contributed by atoms with Crippen molar-refractivity contribution in [3.05, 3.63) is 35.8 Å². The van der Waals surface area contributed by atoms with Crippen LogP contribution in [-0.4, -0.2) is 56.7 Å². The Hall–Kier alpha value is -1.92. The average molecular weight is 329 g/mol. The first kappa shape index (κ1) is 15.6. The maximum atomic E-state index is 12.8. The maximum Gasteiger partial charge on any atom is 0.274 e. The first-order valence-electron chi connectivity index (χ1n) is 8.65. The smallest absolute Gasteiger partial charge is 0.274 e. The van der Waals surface area contributed by atoms with Gasteiger partial charge in [0.1, 0.15) is 11.3 Å². The summed E-state index contributed by atoms with van der Waals surface area (Å²) in [4.78, 5) is 19.1. The summed E-state index contributed by atoms with van der Waals surface area (Å²) in [5, 5.41) is 10.3. The zero-order valence-electron chi connectivity index (χ0n) is 13.9. The van der Waals surface area contributed by atoms with Gasteiger partial charge in [-0.25, -0.2) is 4.98 Å².